The highest BCUT2D eigenvalue weighted by Crippen LogP contribution is 2.42. The fourth-order valence-corrected chi connectivity index (χ4v) is 6.19. The topological polar surface area (TPSA) is 116 Å². The average Bonchev–Trinajstić information content (AvgIpc) is 3.55. The molecule has 1 saturated heterocycles. The molecule has 234 valence electrons. The number of pyridine rings is 2. The quantitative estimate of drug-likeness (QED) is 0.277. The molecule has 2 aliphatic heterocycles. The number of hydrogen-bond acceptors (Lipinski definition) is 8. The van der Waals surface area contributed by atoms with Crippen LogP contribution in [0, 0.1) is 6.92 Å². The number of imidazole rings is 1. The van der Waals surface area contributed by atoms with Crippen molar-refractivity contribution in [1.29, 1.82) is 0 Å². The Labute approximate surface area is 266 Å². The second-order valence-electron chi connectivity index (χ2n) is 11.8. The van der Waals surface area contributed by atoms with Gasteiger partial charge in [0.2, 0.25) is 0 Å². The molecular formula is C35H35N7O4. The normalized spacial score (nSPS) is 14.8. The summed E-state index contributed by atoms with van der Waals surface area (Å²) in [6.45, 7) is 4.59. The number of phenolic OH excluding ortho intramolecular Hbond substituents is 1. The van der Waals surface area contributed by atoms with Gasteiger partial charge in [-0.3, -0.25) is 9.59 Å². The van der Waals surface area contributed by atoms with Crippen molar-refractivity contribution in [3.63, 3.8) is 0 Å². The van der Waals surface area contributed by atoms with Crippen molar-refractivity contribution in [3.8, 4) is 16.9 Å². The molecule has 7 rings (SSSR count). The van der Waals surface area contributed by atoms with Crippen molar-refractivity contribution in [1.82, 2.24) is 19.3 Å². The Morgan fingerprint density at radius 3 is 2.61 bits per heavy atom. The summed E-state index contributed by atoms with van der Waals surface area (Å²) in [6.07, 6.45) is 7.71. The van der Waals surface area contributed by atoms with Crippen LogP contribution in [0.4, 0.5) is 22.9 Å². The molecule has 0 atom stereocenters. The smallest absolute Gasteiger partial charge is 0.258 e. The van der Waals surface area contributed by atoms with E-state index in [4.69, 9.17) is 4.74 Å². The Kier molecular flexibility index (Phi) is 7.53. The van der Waals surface area contributed by atoms with E-state index in [0.717, 1.165) is 22.4 Å². The van der Waals surface area contributed by atoms with Crippen molar-refractivity contribution in [3.05, 3.63) is 95.6 Å². The first-order chi connectivity index (χ1) is 22.3. The largest absolute Gasteiger partial charge is 0.505 e. The third-order valence-corrected chi connectivity index (χ3v) is 8.69. The maximum atomic E-state index is 13.7. The first-order valence-electron chi connectivity index (χ1n) is 15.3. The van der Waals surface area contributed by atoms with Gasteiger partial charge in [-0.1, -0.05) is 6.07 Å². The van der Waals surface area contributed by atoms with Crippen LogP contribution in [0.3, 0.4) is 0 Å². The van der Waals surface area contributed by atoms with Gasteiger partial charge >= 0.3 is 0 Å². The van der Waals surface area contributed by atoms with Gasteiger partial charge in [-0.2, -0.15) is 0 Å². The molecule has 0 unspecified atom stereocenters. The van der Waals surface area contributed by atoms with E-state index in [9.17, 15) is 14.7 Å². The molecule has 0 spiro atoms. The minimum atomic E-state index is -0.134. The standard InChI is InChI=1S/C35H35N7O4/c1-22-4-8-29(42-12-10-23-18-26(39(2)3)6-7-27(23)35(42)45)32(43)31(22)25-19-28(33-36-11-13-41(33)21-25)38-30-9-5-24(20-37-30)34(44)40-14-16-46-17-15-40/h4-9,11,13,18-21,43H,10,12,14-17H2,1-3H3,(H,37,38). The zero-order valence-electron chi connectivity index (χ0n) is 26.0. The molecule has 2 amide bonds. The van der Waals surface area contributed by atoms with Crippen molar-refractivity contribution >= 4 is 40.3 Å². The molecular weight excluding hydrogens is 582 g/mol. The number of aromatic nitrogens is 3. The average molecular weight is 618 g/mol. The molecule has 0 bridgehead atoms. The predicted molar refractivity (Wildman–Crippen MR) is 177 cm³/mol. The first kappa shape index (κ1) is 29.3. The Morgan fingerprint density at radius 1 is 1.02 bits per heavy atom. The van der Waals surface area contributed by atoms with Crippen LogP contribution < -0.4 is 15.1 Å². The van der Waals surface area contributed by atoms with Crippen LogP contribution in [0.15, 0.2) is 73.3 Å². The molecule has 5 heterocycles. The predicted octanol–water partition coefficient (Wildman–Crippen LogP) is 4.90. The fraction of sp³-hybridized carbons (Fsp3) is 0.257. The van der Waals surface area contributed by atoms with Crippen LogP contribution in [-0.2, 0) is 11.2 Å². The number of aryl methyl sites for hydroxylation is 1. The van der Waals surface area contributed by atoms with Gasteiger partial charge in [0.05, 0.1) is 30.2 Å². The number of ether oxygens (including phenoxy) is 1. The van der Waals surface area contributed by atoms with Gasteiger partial charge in [0.15, 0.2) is 5.65 Å². The number of aromatic hydroxyl groups is 1. The molecule has 11 nitrogen and oxygen atoms in total. The lowest BCUT2D eigenvalue weighted by Crippen LogP contribution is -2.40. The monoisotopic (exact) mass is 617 g/mol. The van der Waals surface area contributed by atoms with E-state index in [2.05, 4.69) is 21.4 Å². The van der Waals surface area contributed by atoms with Crippen molar-refractivity contribution < 1.29 is 19.4 Å². The maximum Gasteiger partial charge on any atom is 0.258 e. The van der Waals surface area contributed by atoms with E-state index in [0.29, 0.717) is 78.8 Å². The number of carbonyl (C=O) groups excluding carboxylic acids is 2. The van der Waals surface area contributed by atoms with Crippen molar-refractivity contribution in [2.24, 2.45) is 0 Å². The number of nitrogens with one attached hydrogen (secondary N) is 1. The number of amides is 2. The van der Waals surface area contributed by atoms with E-state index in [-0.39, 0.29) is 17.6 Å². The van der Waals surface area contributed by atoms with Crippen LogP contribution >= 0.6 is 0 Å². The number of hydrogen-bond donors (Lipinski definition) is 2. The van der Waals surface area contributed by atoms with Gasteiger partial charge in [-0.05, 0) is 66.9 Å². The van der Waals surface area contributed by atoms with E-state index in [1.54, 1.807) is 34.3 Å². The minimum Gasteiger partial charge on any atom is -0.505 e. The third-order valence-electron chi connectivity index (χ3n) is 8.69. The molecule has 1 fully saturated rings. The first-order valence-corrected chi connectivity index (χ1v) is 15.3. The zero-order valence-corrected chi connectivity index (χ0v) is 26.0. The van der Waals surface area contributed by atoms with Crippen LogP contribution in [0.2, 0.25) is 0 Å². The highest BCUT2D eigenvalue weighted by Gasteiger charge is 2.29. The molecule has 0 aliphatic carbocycles. The highest BCUT2D eigenvalue weighted by molar-refractivity contribution is 6.10. The number of benzene rings is 2. The second kappa shape index (κ2) is 11.8. The lowest BCUT2D eigenvalue weighted by atomic mass is 9.95. The number of nitrogens with zero attached hydrogens (tertiary/aromatic N) is 6. The van der Waals surface area contributed by atoms with Crippen LogP contribution in [0.5, 0.6) is 5.75 Å². The zero-order chi connectivity index (χ0) is 31.9. The molecule has 2 aromatic carbocycles. The summed E-state index contributed by atoms with van der Waals surface area (Å²) in [7, 11) is 3.96. The Balaban J connectivity index is 1.20. The van der Waals surface area contributed by atoms with E-state index >= 15 is 0 Å². The van der Waals surface area contributed by atoms with Crippen molar-refractivity contribution in [2.75, 3.05) is 62.1 Å². The summed E-state index contributed by atoms with van der Waals surface area (Å²) in [4.78, 5) is 41.0. The van der Waals surface area contributed by atoms with E-state index < -0.39 is 0 Å². The molecule has 46 heavy (non-hydrogen) atoms. The summed E-state index contributed by atoms with van der Waals surface area (Å²) >= 11 is 0. The molecule has 0 radical (unpaired) electrons. The third kappa shape index (κ3) is 5.28. The summed E-state index contributed by atoms with van der Waals surface area (Å²) in [5, 5.41) is 15.1. The summed E-state index contributed by atoms with van der Waals surface area (Å²) < 4.78 is 7.24. The van der Waals surface area contributed by atoms with Crippen molar-refractivity contribution in [2.45, 2.75) is 13.3 Å². The lowest BCUT2D eigenvalue weighted by Gasteiger charge is -2.30. The summed E-state index contributed by atoms with van der Waals surface area (Å²) in [6, 6.07) is 15.1. The number of anilines is 4. The van der Waals surface area contributed by atoms with Gasteiger partial charge in [0.1, 0.15) is 11.6 Å². The summed E-state index contributed by atoms with van der Waals surface area (Å²) in [5.41, 5.74) is 7.25. The molecule has 0 saturated carbocycles. The number of carbonyl (C=O) groups is 2. The number of morpholine rings is 1. The van der Waals surface area contributed by atoms with Gasteiger partial charge in [-0.15, -0.1) is 0 Å². The van der Waals surface area contributed by atoms with Crippen LogP contribution in [0.1, 0.15) is 31.8 Å². The molecule has 2 N–H and O–H groups in total. The molecule has 11 heteroatoms. The molecule has 2 aliphatic rings. The molecule has 3 aromatic heterocycles. The van der Waals surface area contributed by atoms with Gasteiger partial charge in [0, 0.05) is 80.9 Å². The van der Waals surface area contributed by atoms with Gasteiger partial charge in [-0.25, -0.2) is 9.97 Å². The minimum absolute atomic E-state index is 0.0382. The maximum absolute atomic E-state index is 13.7. The van der Waals surface area contributed by atoms with Gasteiger partial charge < -0.3 is 34.3 Å². The van der Waals surface area contributed by atoms with Crippen LogP contribution in [0.25, 0.3) is 16.8 Å². The highest BCUT2D eigenvalue weighted by atomic mass is 16.5. The fourth-order valence-electron chi connectivity index (χ4n) is 6.19. The number of rotatable bonds is 6. The number of fused-ring (bicyclic) bond motifs is 2. The second-order valence-corrected chi connectivity index (χ2v) is 11.8. The summed E-state index contributed by atoms with van der Waals surface area (Å²) in [5.74, 6) is 0.382. The van der Waals surface area contributed by atoms with Gasteiger partial charge in [0.25, 0.3) is 11.8 Å². The Hall–Kier alpha value is -5.42. The van der Waals surface area contributed by atoms with Crippen LogP contribution in [-0.4, -0.2) is 83.1 Å². The van der Waals surface area contributed by atoms with E-state index in [1.165, 1.54) is 0 Å². The molecule has 5 aromatic rings. The van der Waals surface area contributed by atoms with E-state index in [1.807, 2.05) is 73.0 Å². The SMILES string of the molecule is Cc1ccc(N2CCc3cc(N(C)C)ccc3C2=O)c(O)c1-c1cc(Nc2ccc(C(=O)N3CCOCC3)cn2)c2nccn2c1. The lowest BCUT2D eigenvalue weighted by molar-refractivity contribution is 0.0302. The Morgan fingerprint density at radius 2 is 1.85 bits per heavy atom. The Bertz CT molecular complexity index is 1960. The number of phenols is 1.